The van der Waals surface area contributed by atoms with Crippen LogP contribution in [0.4, 0.5) is 0 Å². The molecule has 2 bridgehead atoms. The topological polar surface area (TPSA) is 52.6 Å². The van der Waals surface area contributed by atoms with Crippen LogP contribution in [0.15, 0.2) is 0 Å². The molecule has 0 aromatic rings. The smallest absolute Gasteiger partial charge is 0.310 e. The lowest BCUT2D eigenvalue weighted by molar-refractivity contribution is -0.149. The van der Waals surface area contributed by atoms with Crippen molar-refractivity contribution in [3.8, 4) is 0 Å². The van der Waals surface area contributed by atoms with E-state index in [-0.39, 0.29) is 29.9 Å². The van der Waals surface area contributed by atoms with Crippen LogP contribution in [0, 0.1) is 23.7 Å². The van der Waals surface area contributed by atoms with Crippen molar-refractivity contribution in [3.63, 3.8) is 0 Å². The number of ether oxygens (including phenoxy) is 2. The van der Waals surface area contributed by atoms with Crippen molar-refractivity contribution in [1.29, 1.82) is 0 Å². The number of fused-ring (bicyclic) bond motifs is 1. The summed E-state index contributed by atoms with van der Waals surface area (Å²) in [5.74, 6) is 0.756. The second-order valence-electron chi connectivity index (χ2n) is 5.57. The van der Waals surface area contributed by atoms with Gasteiger partial charge in [-0.05, 0) is 18.8 Å². The van der Waals surface area contributed by atoms with Crippen LogP contribution in [-0.2, 0) is 19.1 Å². The van der Waals surface area contributed by atoms with Crippen LogP contribution in [0.3, 0.4) is 0 Å². The normalized spacial score (nSPS) is 42.5. The summed E-state index contributed by atoms with van der Waals surface area (Å²) in [5, 5.41) is 0.808. The largest absolute Gasteiger partial charge is 0.465 e. The van der Waals surface area contributed by atoms with E-state index in [1.807, 2.05) is 0 Å². The van der Waals surface area contributed by atoms with Gasteiger partial charge in [-0.25, -0.2) is 0 Å². The molecule has 0 aromatic carbocycles. The fourth-order valence-corrected chi connectivity index (χ4v) is 5.61. The van der Waals surface area contributed by atoms with Crippen molar-refractivity contribution >= 4 is 50.5 Å². The van der Waals surface area contributed by atoms with Gasteiger partial charge in [0.15, 0.2) is 0 Å². The summed E-state index contributed by atoms with van der Waals surface area (Å²) in [6.45, 7) is 0.383. The number of carbonyl (C=O) groups excluding carboxylic acids is 2. The van der Waals surface area contributed by atoms with Crippen LogP contribution in [0.5, 0.6) is 0 Å². The number of carbonyl (C=O) groups is 2. The lowest BCUT2D eigenvalue weighted by Crippen LogP contribution is -2.36. The summed E-state index contributed by atoms with van der Waals surface area (Å²) >= 11 is 5.69. The summed E-state index contributed by atoms with van der Waals surface area (Å²) in [6.07, 6.45) is 2.40. The van der Waals surface area contributed by atoms with Gasteiger partial charge in [-0.15, -0.1) is 0 Å². The molecule has 19 heavy (non-hydrogen) atoms. The number of alkyl halides is 2. The Morgan fingerprint density at radius 3 is 3.00 bits per heavy atom. The molecule has 3 aliphatic rings. The summed E-state index contributed by atoms with van der Waals surface area (Å²) in [5.41, 5.74) is 0. The first-order valence-corrected chi connectivity index (χ1v) is 9.06. The van der Waals surface area contributed by atoms with Crippen molar-refractivity contribution in [2.24, 2.45) is 23.7 Å². The van der Waals surface area contributed by atoms with Crippen LogP contribution >= 0.6 is 38.5 Å². The van der Waals surface area contributed by atoms with Gasteiger partial charge < -0.3 is 9.47 Å². The Hall–Kier alpha value is 0.150. The minimum atomic E-state index is -0.157. The van der Waals surface area contributed by atoms with Crippen molar-refractivity contribution in [3.05, 3.63) is 0 Å². The number of halogens is 2. The molecule has 106 valence electrons. The van der Waals surface area contributed by atoms with Crippen molar-refractivity contribution < 1.29 is 19.1 Å². The quantitative estimate of drug-likeness (QED) is 0.372. The van der Waals surface area contributed by atoms with E-state index in [0.29, 0.717) is 28.8 Å². The molecule has 6 heteroatoms. The van der Waals surface area contributed by atoms with Crippen molar-refractivity contribution in [1.82, 2.24) is 0 Å². The third kappa shape index (κ3) is 2.32. The summed E-state index contributed by atoms with van der Waals surface area (Å²) in [7, 11) is 0. The lowest BCUT2D eigenvalue weighted by atomic mass is 9.80. The maximum absolute atomic E-state index is 11.9. The molecule has 0 radical (unpaired) electrons. The van der Waals surface area contributed by atoms with Gasteiger partial charge in [-0.3, -0.25) is 9.59 Å². The molecule has 3 rings (SSSR count). The zero-order valence-corrected chi connectivity index (χ0v) is 14.1. The van der Waals surface area contributed by atoms with Gasteiger partial charge in [-0.2, -0.15) is 0 Å². The first kappa shape index (κ1) is 14.1. The molecule has 0 N–H and O–H groups in total. The monoisotopic (exact) mass is 442 g/mol. The average Bonchev–Trinajstić information content (AvgIpc) is 2.98. The van der Waals surface area contributed by atoms with Crippen LogP contribution in [-0.4, -0.2) is 33.9 Å². The van der Waals surface area contributed by atoms with Crippen molar-refractivity contribution in [2.45, 2.75) is 29.3 Å². The number of esters is 2. The van der Waals surface area contributed by atoms with Crippen LogP contribution in [0.25, 0.3) is 0 Å². The van der Waals surface area contributed by atoms with Gasteiger partial charge in [0, 0.05) is 23.6 Å². The molecule has 2 aliphatic carbocycles. The summed E-state index contributed by atoms with van der Waals surface area (Å²) < 4.78 is 11.2. The second-order valence-corrected chi connectivity index (χ2v) is 7.81. The van der Waals surface area contributed by atoms with E-state index in [2.05, 4.69) is 38.5 Å². The Labute approximate surface area is 134 Å². The zero-order chi connectivity index (χ0) is 13.6. The molecule has 3 fully saturated rings. The number of hydrogen-bond donors (Lipinski definition) is 0. The van der Waals surface area contributed by atoms with E-state index < -0.39 is 0 Å². The molecule has 0 spiro atoms. The minimum absolute atomic E-state index is 0.0232. The molecule has 6 unspecified atom stereocenters. The lowest BCUT2D eigenvalue weighted by Gasteiger charge is -2.28. The molecular formula is C13H16BrIO4. The zero-order valence-electron chi connectivity index (χ0n) is 10.4. The van der Waals surface area contributed by atoms with Crippen LogP contribution in [0.2, 0.25) is 0 Å². The minimum Gasteiger partial charge on any atom is -0.465 e. The molecule has 6 atom stereocenters. The van der Waals surface area contributed by atoms with Gasteiger partial charge in [0.1, 0.15) is 6.10 Å². The van der Waals surface area contributed by atoms with Gasteiger partial charge >= 0.3 is 11.9 Å². The number of rotatable bonds is 5. The van der Waals surface area contributed by atoms with E-state index in [0.717, 1.165) is 18.2 Å². The maximum atomic E-state index is 11.9. The highest BCUT2D eigenvalue weighted by Gasteiger charge is 2.65. The third-order valence-corrected chi connectivity index (χ3v) is 6.83. The highest BCUT2D eigenvalue weighted by Crippen LogP contribution is 2.59. The Morgan fingerprint density at radius 1 is 1.47 bits per heavy atom. The highest BCUT2D eigenvalue weighted by atomic mass is 127. The first-order valence-electron chi connectivity index (χ1n) is 6.69. The highest BCUT2D eigenvalue weighted by molar-refractivity contribution is 14.1. The molecule has 1 heterocycles. The van der Waals surface area contributed by atoms with Crippen molar-refractivity contribution in [2.75, 3.05) is 11.9 Å². The second kappa shape index (κ2) is 5.50. The summed E-state index contributed by atoms with van der Waals surface area (Å²) in [4.78, 5) is 23.5. The average molecular weight is 443 g/mol. The Morgan fingerprint density at radius 2 is 2.26 bits per heavy atom. The number of hydrogen-bond acceptors (Lipinski definition) is 4. The first-order chi connectivity index (χ1) is 9.13. The van der Waals surface area contributed by atoms with Crippen LogP contribution in [0.1, 0.15) is 19.3 Å². The molecule has 2 saturated carbocycles. The molecule has 0 aromatic heterocycles. The SMILES string of the molecule is O=C(CCCBr)OCC1C2CC3C(OC(=O)C13)C2I. The van der Waals surface area contributed by atoms with E-state index in [9.17, 15) is 9.59 Å². The molecule has 4 nitrogen and oxygen atoms in total. The summed E-state index contributed by atoms with van der Waals surface area (Å²) in [6, 6.07) is 0. The fraction of sp³-hybridized carbons (Fsp3) is 0.846. The molecule has 0 amide bonds. The van der Waals surface area contributed by atoms with Crippen LogP contribution < -0.4 is 0 Å². The van der Waals surface area contributed by atoms with Gasteiger partial charge in [0.25, 0.3) is 0 Å². The van der Waals surface area contributed by atoms with Gasteiger partial charge in [-0.1, -0.05) is 38.5 Å². The van der Waals surface area contributed by atoms with Gasteiger partial charge in [0.05, 0.1) is 16.4 Å². The molecule has 1 saturated heterocycles. The van der Waals surface area contributed by atoms with E-state index in [1.54, 1.807) is 0 Å². The maximum Gasteiger partial charge on any atom is 0.310 e. The predicted octanol–water partition coefficient (Wildman–Crippen LogP) is 2.32. The molecular weight excluding hydrogens is 427 g/mol. The third-order valence-electron chi connectivity index (χ3n) is 4.64. The van der Waals surface area contributed by atoms with Gasteiger partial charge in [0.2, 0.25) is 0 Å². The Balaban J connectivity index is 1.60. The molecule has 1 aliphatic heterocycles. The Kier molecular flexibility index (Phi) is 4.08. The van der Waals surface area contributed by atoms with E-state index in [1.165, 1.54) is 0 Å². The predicted molar refractivity (Wildman–Crippen MR) is 80.3 cm³/mol. The fourth-order valence-electron chi connectivity index (χ4n) is 3.82. The van der Waals surface area contributed by atoms with E-state index in [4.69, 9.17) is 9.47 Å². The Bertz CT molecular complexity index is 402. The van der Waals surface area contributed by atoms with E-state index >= 15 is 0 Å². The standard InChI is InChI=1S/C13H16BrIO4/c14-3-1-2-9(16)18-5-8-6-4-7-10(8)13(17)19-12(7)11(6)15/h6-8,10-12H,1-5H2.